The molecule has 10 heteroatoms. The van der Waals surface area contributed by atoms with Gasteiger partial charge in [-0.1, -0.05) is 0 Å². The molecule has 6 N–H and O–H groups in total. The zero-order valence-corrected chi connectivity index (χ0v) is 10.2. The molecule has 0 aromatic carbocycles. The van der Waals surface area contributed by atoms with E-state index >= 15 is 0 Å². The summed E-state index contributed by atoms with van der Waals surface area (Å²) in [7, 11) is 0. The van der Waals surface area contributed by atoms with Crippen LogP contribution in [0.3, 0.4) is 0 Å². The molecule has 3 fully saturated rings. The van der Waals surface area contributed by atoms with Gasteiger partial charge in [-0.15, -0.1) is 0 Å². The minimum absolute atomic E-state index is 0.487. The van der Waals surface area contributed by atoms with Crippen molar-refractivity contribution >= 4 is 0 Å². The van der Waals surface area contributed by atoms with Gasteiger partial charge in [0.1, 0.15) is 37.6 Å². The molecule has 8 atom stereocenters. The molecule has 3 saturated heterocycles. The molecule has 0 saturated carbocycles. The third-order valence-electron chi connectivity index (χ3n) is 3.81. The first-order valence-electron chi connectivity index (χ1n) is 6.03. The lowest BCUT2D eigenvalue weighted by Gasteiger charge is -2.43. The highest BCUT2D eigenvalue weighted by Crippen LogP contribution is 2.41. The van der Waals surface area contributed by atoms with E-state index in [1.54, 1.807) is 0 Å². The SMILES string of the molecule is O[C@@H]1[C@@H](O)OC2(COC3(CO2)O[C@H](O)[C@@H](O)[C@@H]3O)[C@H]1O. The topological polar surface area (TPSA) is 158 Å². The Labute approximate surface area is 112 Å². The molecule has 10 nitrogen and oxygen atoms in total. The van der Waals surface area contributed by atoms with Crippen molar-refractivity contribution in [3.8, 4) is 0 Å². The molecule has 0 bridgehead atoms. The number of aliphatic hydroxyl groups is 6. The monoisotopic (exact) mass is 296 g/mol. The van der Waals surface area contributed by atoms with E-state index in [-0.39, 0.29) is 0 Å². The van der Waals surface area contributed by atoms with Crippen molar-refractivity contribution in [3.63, 3.8) is 0 Å². The van der Waals surface area contributed by atoms with Gasteiger partial charge in [-0.25, -0.2) is 0 Å². The van der Waals surface area contributed by atoms with Gasteiger partial charge in [-0.3, -0.25) is 0 Å². The summed E-state index contributed by atoms with van der Waals surface area (Å²) in [4.78, 5) is 0. The summed E-state index contributed by atoms with van der Waals surface area (Å²) >= 11 is 0. The Bertz CT molecular complexity index is 344. The van der Waals surface area contributed by atoms with Crippen LogP contribution in [0.1, 0.15) is 0 Å². The first-order valence-corrected chi connectivity index (χ1v) is 6.03. The van der Waals surface area contributed by atoms with E-state index in [1.807, 2.05) is 0 Å². The second-order valence-electron chi connectivity index (χ2n) is 5.09. The van der Waals surface area contributed by atoms with Crippen LogP contribution < -0.4 is 0 Å². The van der Waals surface area contributed by atoms with Crippen LogP contribution >= 0.6 is 0 Å². The second kappa shape index (κ2) is 4.55. The Hall–Kier alpha value is -0.400. The Morgan fingerprint density at radius 1 is 0.650 bits per heavy atom. The van der Waals surface area contributed by atoms with Crippen molar-refractivity contribution in [1.29, 1.82) is 0 Å². The summed E-state index contributed by atoms with van der Waals surface area (Å²) in [5.74, 6) is -3.60. The molecule has 0 aromatic heterocycles. The van der Waals surface area contributed by atoms with Gasteiger partial charge in [-0.05, 0) is 0 Å². The maximum absolute atomic E-state index is 9.80. The third kappa shape index (κ3) is 1.82. The fourth-order valence-corrected chi connectivity index (χ4v) is 2.53. The van der Waals surface area contributed by atoms with Crippen molar-refractivity contribution in [1.82, 2.24) is 0 Å². The van der Waals surface area contributed by atoms with Gasteiger partial charge in [-0.2, -0.15) is 0 Å². The van der Waals surface area contributed by atoms with Crippen LogP contribution in [0.25, 0.3) is 0 Å². The highest BCUT2D eigenvalue weighted by molar-refractivity contribution is 5.01. The third-order valence-corrected chi connectivity index (χ3v) is 3.81. The zero-order valence-electron chi connectivity index (χ0n) is 10.2. The lowest BCUT2D eigenvalue weighted by Crippen LogP contribution is -2.62. The average Bonchev–Trinajstić information content (AvgIpc) is 2.76. The fraction of sp³-hybridized carbons (Fsp3) is 1.00. The van der Waals surface area contributed by atoms with E-state index < -0.39 is 61.8 Å². The number of hydrogen-bond acceptors (Lipinski definition) is 10. The van der Waals surface area contributed by atoms with Crippen molar-refractivity contribution < 1.29 is 49.6 Å². The Morgan fingerprint density at radius 3 is 1.20 bits per heavy atom. The minimum Gasteiger partial charge on any atom is -0.385 e. The molecule has 2 unspecified atom stereocenters. The lowest BCUT2D eigenvalue weighted by molar-refractivity contribution is -0.412. The van der Waals surface area contributed by atoms with E-state index in [0.29, 0.717) is 0 Å². The van der Waals surface area contributed by atoms with Crippen molar-refractivity contribution in [2.24, 2.45) is 0 Å². The van der Waals surface area contributed by atoms with E-state index in [0.717, 1.165) is 0 Å². The minimum atomic E-state index is -1.80. The van der Waals surface area contributed by atoms with Gasteiger partial charge in [0.15, 0.2) is 12.6 Å². The Balaban J connectivity index is 1.75. The Kier molecular flexibility index (Phi) is 3.30. The highest BCUT2D eigenvalue weighted by atomic mass is 16.8. The molecular weight excluding hydrogens is 280 g/mol. The number of hydrogen-bond donors (Lipinski definition) is 6. The molecule has 2 spiro atoms. The smallest absolute Gasteiger partial charge is 0.224 e. The van der Waals surface area contributed by atoms with Crippen LogP contribution in [0.4, 0.5) is 0 Å². The summed E-state index contributed by atoms with van der Waals surface area (Å²) < 4.78 is 20.4. The summed E-state index contributed by atoms with van der Waals surface area (Å²) in [5, 5.41) is 57.2. The summed E-state index contributed by atoms with van der Waals surface area (Å²) in [6.07, 6.45) is -9.57. The van der Waals surface area contributed by atoms with Gasteiger partial charge >= 0.3 is 0 Å². The lowest BCUT2D eigenvalue weighted by atomic mass is 10.0. The molecule has 0 aliphatic carbocycles. The number of aliphatic hydroxyl groups excluding tert-OH is 6. The second-order valence-corrected chi connectivity index (χ2v) is 5.09. The van der Waals surface area contributed by atoms with Crippen molar-refractivity contribution in [3.05, 3.63) is 0 Å². The molecule has 0 amide bonds. The molecule has 20 heavy (non-hydrogen) atoms. The van der Waals surface area contributed by atoms with Crippen LogP contribution in [0.5, 0.6) is 0 Å². The van der Waals surface area contributed by atoms with Gasteiger partial charge < -0.3 is 49.6 Å². The predicted octanol–water partition coefficient (Wildman–Crippen LogP) is -4.43. The number of rotatable bonds is 0. The number of ether oxygens (including phenoxy) is 4. The van der Waals surface area contributed by atoms with Crippen LogP contribution in [0.2, 0.25) is 0 Å². The maximum atomic E-state index is 9.80. The van der Waals surface area contributed by atoms with Gasteiger partial charge in [0.05, 0.1) is 0 Å². The molecule has 3 aliphatic heterocycles. The quantitative estimate of drug-likeness (QED) is 0.257. The van der Waals surface area contributed by atoms with Crippen LogP contribution in [0.15, 0.2) is 0 Å². The molecule has 0 aromatic rings. The zero-order chi connectivity index (χ0) is 14.7. The van der Waals surface area contributed by atoms with E-state index in [2.05, 4.69) is 0 Å². The summed E-state index contributed by atoms with van der Waals surface area (Å²) in [6.45, 7) is -0.975. The maximum Gasteiger partial charge on any atom is 0.224 e. The van der Waals surface area contributed by atoms with Crippen molar-refractivity contribution in [2.75, 3.05) is 13.2 Å². The molecule has 0 radical (unpaired) electrons. The average molecular weight is 296 g/mol. The van der Waals surface area contributed by atoms with E-state index in [9.17, 15) is 30.6 Å². The molecule has 3 aliphatic rings. The van der Waals surface area contributed by atoms with E-state index in [4.69, 9.17) is 18.9 Å². The van der Waals surface area contributed by atoms with Gasteiger partial charge in [0.2, 0.25) is 11.6 Å². The van der Waals surface area contributed by atoms with Gasteiger partial charge in [0, 0.05) is 0 Å². The summed E-state index contributed by atoms with van der Waals surface area (Å²) in [6, 6.07) is 0. The highest BCUT2D eigenvalue weighted by Gasteiger charge is 2.64. The largest absolute Gasteiger partial charge is 0.385 e. The van der Waals surface area contributed by atoms with Crippen LogP contribution in [-0.2, 0) is 18.9 Å². The first kappa shape index (κ1) is 14.5. The van der Waals surface area contributed by atoms with Crippen molar-refractivity contribution in [2.45, 2.75) is 48.6 Å². The summed E-state index contributed by atoms with van der Waals surface area (Å²) in [5.41, 5.74) is 0. The normalized spacial score (nSPS) is 59.7. The molecule has 116 valence electrons. The molecule has 3 rings (SSSR count). The van der Waals surface area contributed by atoms with Gasteiger partial charge in [0.25, 0.3) is 0 Å². The standard InChI is InChI=1S/C10H16O10/c11-3-5(13)9(19-7(3)15)1-17-10(2-18-9)6(14)4(12)8(16)20-10/h3-8,11-16H,1-2H2/t3-,4-,5-,6-,7-,8-,9?,10?/m0/s1. The molecule has 3 heterocycles. The van der Waals surface area contributed by atoms with Crippen LogP contribution in [-0.4, -0.2) is 92.4 Å². The predicted molar refractivity (Wildman–Crippen MR) is 55.6 cm³/mol. The van der Waals surface area contributed by atoms with E-state index in [1.165, 1.54) is 0 Å². The van der Waals surface area contributed by atoms with Crippen LogP contribution in [0, 0.1) is 0 Å². The fourth-order valence-electron chi connectivity index (χ4n) is 2.53. The Morgan fingerprint density at radius 2 is 1.00 bits per heavy atom. The molecular formula is C10H16O10. The first-order chi connectivity index (χ1) is 9.31.